The van der Waals surface area contributed by atoms with E-state index in [0.717, 1.165) is 6.54 Å². The van der Waals surface area contributed by atoms with Crippen molar-refractivity contribution in [3.63, 3.8) is 0 Å². The van der Waals surface area contributed by atoms with Crippen LogP contribution in [0, 0.1) is 0 Å². The minimum Gasteiger partial charge on any atom is -0.478 e. The van der Waals surface area contributed by atoms with Gasteiger partial charge >= 0.3 is 0 Å². The van der Waals surface area contributed by atoms with Gasteiger partial charge in [-0.15, -0.1) is 10.2 Å². The summed E-state index contributed by atoms with van der Waals surface area (Å²) in [5.74, 6) is 1.16. The van der Waals surface area contributed by atoms with E-state index in [2.05, 4.69) is 20.1 Å². The Kier molecular flexibility index (Phi) is 4.79. The molecule has 3 heterocycles. The summed E-state index contributed by atoms with van der Waals surface area (Å²) < 4.78 is 17.0. The molecule has 2 aromatic rings. The number of rotatable bonds is 4. The smallest absolute Gasteiger partial charge is 0.268 e. The lowest BCUT2D eigenvalue weighted by Gasteiger charge is -2.32. The molecule has 1 aliphatic rings. The summed E-state index contributed by atoms with van der Waals surface area (Å²) in [6.45, 7) is 6.00. The van der Waals surface area contributed by atoms with E-state index in [0.29, 0.717) is 35.6 Å². The normalized spacial score (nSPS) is 22.3. The molecule has 0 unspecified atom stereocenters. The molecule has 2 atom stereocenters. The lowest BCUT2D eigenvalue weighted by Crippen LogP contribution is -2.40. The highest BCUT2D eigenvalue weighted by Crippen LogP contribution is 2.30. The average Bonchev–Trinajstić information content (AvgIpc) is 2.98. The van der Waals surface area contributed by atoms with Crippen LogP contribution in [0.25, 0.3) is 11.6 Å². The molecule has 1 aliphatic heterocycles. The maximum Gasteiger partial charge on any atom is 0.268 e. The van der Waals surface area contributed by atoms with Crippen LogP contribution in [0.1, 0.15) is 25.8 Å². The molecule has 124 valence electrons. The minimum absolute atomic E-state index is 0.108. The molecule has 0 spiro atoms. The summed E-state index contributed by atoms with van der Waals surface area (Å²) in [6.07, 6.45) is -0.143. The van der Waals surface area contributed by atoms with Crippen molar-refractivity contribution in [1.29, 1.82) is 0 Å². The Labute approximate surface area is 139 Å². The molecule has 1 fully saturated rings. The number of halogens is 1. The van der Waals surface area contributed by atoms with Crippen molar-refractivity contribution < 1.29 is 13.9 Å². The van der Waals surface area contributed by atoms with Gasteiger partial charge in [-0.1, -0.05) is 11.6 Å². The second-order valence-corrected chi connectivity index (χ2v) is 5.92. The van der Waals surface area contributed by atoms with Gasteiger partial charge in [0.2, 0.25) is 11.8 Å². The third-order valence-electron chi connectivity index (χ3n) is 3.47. The second kappa shape index (κ2) is 6.82. The van der Waals surface area contributed by atoms with Crippen LogP contribution in [0.5, 0.6) is 5.88 Å². The Morgan fingerprint density at radius 1 is 1.35 bits per heavy atom. The first-order chi connectivity index (χ1) is 11.1. The molecule has 8 heteroatoms. The number of ether oxygens (including phenoxy) is 2. The highest BCUT2D eigenvalue weighted by atomic mass is 35.5. The van der Waals surface area contributed by atoms with E-state index < -0.39 is 0 Å². The average molecular weight is 339 g/mol. The Morgan fingerprint density at radius 2 is 2.17 bits per heavy atom. The molecule has 0 saturated carbocycles. The second-order valence-electron chi connectivity index (χ2n) is 5.51. The maximum atomic E-state index is 6.19. The third-order valence-corrected chi connectivity index (χ3v) is 3.78. The number of likely N-dealkylation sites (N-methyl/N-ethyl adjacent to an activating group) is 1. The predicted octanol–water partition coefficient (Wildman–Crippen LogP) is 2.58. The van der Waals surface area contributed by atoms with Crippen molar-refractivity contribution in [2.75, 3.05) is 26.7 Å². The van der Waals surface area contributed by atoms with E-state index >= 15 is 0 Å². The van der Waals surface area contributed by atoms with Gasteiger partial charge in [-0.25, -0.2) is 4.98 Å². The standard InChI is InChI=1S/C15H19ClN4O3/c1-4-21-12-6-5-10(16)13(17-12)15-19-18-14(23-15)11-8-20(3)7-9(2)22-11/h5-6,9,11H,4,7-8H2,1-3H3/t9-,11-/m1/s1. The number of hydrogen-bond acceptors (Lipinski definition) is 7. The zero-order valence-electron chi connectivity index (χ0n) is 13.3. The Bertz CT molecular complexity index is 668. The van der Waals surface area contributed by atoms with Crippen LogP contribution in [-0.2, 0) is 4.74 Å². The number of aromatic nitrogens is 3. The topological polar surface area (TPSA) is 73.5 Å². The van der Waals surface area contributed by atoms with Crippen molar-refractivity contribution in [2.24, 2.45) is 0 Å². The van der Waals surface area contributed by atoms with Gasteiger partial charge in [0.05, 0.1) is 17.7 Å². The van der Waals surface area contributed by atoms with E-state index in [1.54, 1.807) is 12.1 Å². The SMILES string of the molecule is CCOc1ccc(Cl)c(-c2nnc([C@H]3CN(C)C[C@@H](C)O3)o2)n1. The fourth-order valence-corrected chi connectivity index (χ4v) is 2.75. The molecule has 7 nitrogen and oxygen atoms in total. The summed E-state index contributed by atoms with van der Waals surface area (Å²) in [4.78, 5) is 6.49. The van der Waals surface area contributed by atoms with E-state index in [1.165, 1.54) is 0 Å². The van der Waals surface area contributed by atoms with Crippen LogP contribution in [0.15, 0.2) is 16.5 Å². The van der Waals surface area contributed by atoms with Crippen LogP contribution >= 0.6 is 11.6 Å². The zero-order valence-corrected chi connectivity index (χ0v) is 14.1. The number of morpholine rings is 1. The van der Waals surface area contributed by atoms with Crippen LogP contribution in [-0.4, -0.2) is 52.9 Å². The molecule has 0 bridgehead atoms. The molecule has 1 saturated heterocycles. The minimum atomic E-state index is -0.251. The molecular weight excluding hydrogens is 320 g/mol. The van der Waals surface area contributed by atoms with Crippen LogP contribution in [0.2, 0.25) is 5.02 Å². The summed E-state index contributed by atoms with van der Waals surface area (Å²) in [6, 6.07) is 3.40. The lowest BCUT2D eigenvalue weighted by molar-refractivity contribution is -0.0821. The third kappa shape index (κ3) is 3.63. The molecule has 0 aromatic carbocycles. The number of nitrogens with zero attached hydrogens (tertiary/aromatic N) is 4. The molecule has 2 aromatic heterocycles. The Hall–Kier alpha value is -1.70. The molecule has 0 amide bonds. The van der Waals surface area contributed by atoms with Gasteiger partial charge in [-0.05, 0) is 27.0 Å². The summed E-state index contributed by atoms with van der Waals surface area (Å²) in [5, 5.41) is 8.58. The lowest BCUT2D eigenvalue weighted by atomic mass is 10.2. The quantitative estimate of drug-likeness (QED) is 0.848. The first-order valence-electron chi connectivity index (χ1n) is 7.54. The summed E-state index contributed by atoms with van der Waals surface area (Å²) in [5.41, 5.74) is 0.411. The van der Waals surface area contributed by atoms with Crippen molar-refractivity contribution in [2.45, 2.75) is 26.1 Å². The monoisotopic (exact) mass is 338 g/mol. The van der Waals surface area contributed by atoms with Gasteiger partial charge in [0.15, 0.2) is 0 Å². The molecule has 3 rings (SSSR count). The van der Waals surface area contributed by atoms with E-state index in [-0.39, 0.29) is 18.1 Å². The van der Waals surface area contributed by atoms with Crippen LogP contribution < -0.4 is 4.74 Å². The molecule has 0 N–H and O–H groups in total. The van der Waals surface area contributed by atoms with Crippen LogP contribution in [0.3, 0.4) is 0 Å². The molecular formula is C15H19ClN4O3. The van der Waals surface area contributed by atoms with E-state index in [1.807, 2.05) is 20.9 Å². The first kappa shape index (κ1) is 16.2. The summed E-state index contributed by atoms with van der Waals surface area (Å²) in [7, 11) is 2.04. The van der Waals surface area contributed by atoms with Gasteiger partial charge in [0.1, 0.15) is 11.8 Å². The van der Waals surface area contributed by atoms with Crippen molar-refractivity contribution >= 4 is 11.6 Å². The fraction of sp³-hybridized carbons (Fsp3) is 0.533. The van der Waals surface area contributed by atoms with Gasteiger partial charge in [0.25, 0.3) is 5.89 Å². The molecule has 23 heavy (non-hydrogen) atoms. The van der Waals surface area contributed by atoms with E-state index in [4.69, 9.17) is 25.5 Å². The highest BCUT2D eigenvalue weighted by Gasteiger charge is 2.29. The number of pyridine rings is 1. The number of hydrogen-bond donors (Lipinski definition) is 0. The highest BCUT2D eigenvalue weighted by molar-refractivity contribution is 6.32. The van der Waals surface area contributed by atoms with Gasteiger partial charge in [-0.3, -0.25) is 0 Å². The predicted molar refractivity (Wildman–Crippen MR) is 84.5 cm³/mol. The van der Waals surface area contributed by atoms with Crippen molar-refractivity contribution in [3.05, 3.63) is 23.0 Å². The fourth-order valence-electron chi connectivity index (χ4n) is 2.56. The van der Waals surface area contributed by atoms with Gasteiger partial charge < -0.3 is 18.8 Å². The molecule has 0 aliphatic carbocycles. The van der Waals surface area contributed by atoms with Crippen molar-refractivity contribution in [1.82, 2.24) is 20.1 Å². The van der Waals surface area contributed by atoms with Gasteiger partial charge in [0, 0.05) is 19.2 Å². The van der Waals surface area contributed by atoms with Crippen LogP contribution in [0.4, 0.5) is 0 Å². The largest absolute Gasteiger partial charge is 0.478 e. The first-order valence-corrected chi connectivity index (χ1v) is 7.91. The molecule has 0 radical (unpaired) electrons. The van der Waals surface area contributed by atoms with E-state index in [9.17, 15) is 0 Å². The van der Waals surface area contributed by atoms with Gasteiger partial charge in [-0.2, -0.15) is 0 Å². The maximum absolute atomic E-state index is 6.19. The zero-order chi connectivity index (χ0) is 16.4. The van der Waals surface area contributed by atoms with Crippen molar-refractivity contribution in [3.8, 4) is 17.5 Å². The Balaban J connectivity index is 1.85. The Morgan fingerprint density at radius 3 is 2.91 bits per heavy atom. The summed E-state index contributed by atoms with van der Waals surface area (Å²) >= 11 is 6.19.